The number of benzene rings is 2. The third-order valence-electron chi connectivity index (χ3n) is 4.20. The van der Waals surface area contributed by atoms with Crippen molar-refractivity contribution >= 4 is 25.1 Å². The predicted octanol–water partition coefficient (Wildman–Crippen LogP) is 3.11. The Labute approximate surface area is 161 Å². The fourth-order valence-corrected chi connectivity index (χ4v) is 4.66. The molecule has 2 aromatic rings. The van der Waals surface area contributed by atoms with Gasteiger partial charge in [-0.3, -0.25) is 0 Å². The zero-order valence-corrected chi connectivity index (χ0v) is 16.5. The number of aliphatic hydroxyl groups excluding tert-OH is 1. The van der Waals surface area contributed by atoms with Crippen LogP contribution in [0.1, 0.15) is 30.9 Å². The molecule has 0 radical (unpaired) electrons. The summed E-state index contributed by atoms with van der Waals surface area (Å²) in [5.74, 6) is 0. The van der Waals surface area contributed by atoms with Crippen LogP contribution < -0.4 is 4.46 Å². The van der Waals surface area contributed by atoms with Gasteiger partial charge in [0.25, 0.3) is 0 Å². The molecule has 26 heavy (non-hydrogen) atoms. The molecule has 0 aliphatic carbocycles. The van der Waals surface area contributed by atoms with Crippen LogP contribution in [-0.4, -0.2) is 45.1 Å². The maximum atomic E-state index is 9.10. The number of hydrogen-bond donors (Lipinski definition) is 1. The SMILES string of the molecule is OCCC1CC(C(OCCC[Se]c2ccccc2)c2ccccc2)=NO1. The summed E-state index contributed by atoms with van der Waals surface area (Å²) >= 11 is 0.493. The first kappa shape index (κ1) is 19.1. The molecule has 1 N–H and O–H groups in total. The molecule has 0 fully saturated rings. The van der Waals surface area contributed by atoms with E-state index in [2.05, 4.69) is 47.6 Å². The Hall–Kier alpha value is -1.65. The molecule has 2 aromatic carbocycles. The second-order valence-electron chi connectivity index (χ2n) is 6.20. The Bertz CT molecular complexity index is 678. The van der Waals surface area contributed by atoms with Crippen molar-refractivity contribution in [3.63, 3.8) is 0 Å². The Kier molecular flexibility index (Phi) is 7.71. The van der Waals surface area contributed by atoms with Crippen LogP contribution in [0.25, 0.3) is 0 Å². The topological polar surface area (TPSA) is 51.0 Å². The molecule has 2 unspecified atom stereocenters. The van der Waals surface area contributed by atoms with Crippen LogP contribution in [0, 0.1) is 0 Å². The molecule has 0 bridgehead atoms. The van der Waals surface area contributed by atoms with Crippen molar-refractivity contribution < 1.29 is 14.7 Å². The second-order valence-corrected chi connectivity index (χ2v) is 8.65. The summed E-state index contributed by atoms with van der Waals surface area (Å²) in [6, 6.07) is 20.8. The van der Waals surface area contributed by atoms with Gasteiger partial charge in [-0.15, -0.1) is 0 Å². The van der Waals surface area contributed by atoms with E-state index < -0.39 is 0 Å². The number of aliphatic hydroxyl groups is 1. The normalized spacial score (nSPS) is 17.6. The van der Waals surface area contributed by atoms with E-state index in [-0.39, 0.29) is 18.8 Å². The number of rotatable bonds is 10. The van der Waals surface area contributed by atoms with E-state index >= 15 is 0 Å². The van der Waals surface area contributed by atoms with Gasteiger partial charge in [-0.05, 0) is 0 Å². The number of hydrogen-bond acceptors (Lipinski definition) is 4. The first-order valence-corrected chi connectivity index (χ1v) is 11.1. The van der Waals surface area contributed by atoms with Gasteiger partial charge in [-0.1, -0.05) is 0 Å². The summed E-state index contributed by atoms with van der Waals surface area (Å²) in [6.07, 6.45) is 2.16. The molecular weight excluding hydrogens is 393 g/mol. The summed E-state index contributed by atoms with van der Waals surface area (Å²) in [5, 5.41) is 14.5. The Morgan fingerprint density at radius 2 is 1.85 bits per heavy atom. The van der Waals surface area contributed by atoms with Crippen LogP contribution >= 0.6 is 0 Å². The molecule has 1 aliphatic heterocycles. The van der Waals surface area contributed by atoms with Crippen LogP contribution in [0.4, 0.5) is 0 Å². The van der Waals surface area contributed by atoms with Crippen LogP contribution in [-0.2, 0) is 9.57 Å². The molecule has 1 aliphatic rings. The summed E-state index contributed by atoms with van der Waals surface area (Å²) in [6.45, 7) is 0.823. The molecule has 138 valence electrons. The van der Waals surface area contributed by atoms with Crippen molar-refractivity contribution in [3.8, 4) is 0 Å². The number of nitrogens with zero attached hydrogens (tertiary/aromatic N) is 1. The van der Waals surface area contributed by atoms with E-state index in [9.17, 15) is 0 Å². The van der Waals surface area contributed by atoms with Crippen LogP contribution in [0.2, 0.25) is 5.32 Å². The van der Waals surface area contributed by atoms with E-state index in [1.807, 2.05) is 18.2 Å². The Morgan fingerprint density at radius 3 is 2.58 bits per heavy atom. The molecule has 2 atom stereocenters. The maximum absolute atomic E-state index is 9.10. The Morgan fingerprint density at radius 1 is 1.12 bits per heavy atom. The minimum absolute atomic E-state index is 0.0359. The van der Waals surface area contributed by atoms with Gasteiger partial charge < -0.3 is 0 Å². The molecule has 4 nitrogen and oxygen atoms in total. The fourth-order valence-electron chi connectivity index (χ4n) is 2.88. The molecular formula is C21H25NO3Se. The van der Waals surface area contributed by atoms with Crippen LogP contribution in [0.15, 0.2) is 65.8 Å². The van der Waals surface area contributed by atoms with Gasteiger partial charge in [-0.25, -0.2) is 0 Å². The average Bonchev–Trinajstić information content (AvgIpc) is 3.15. The van der Waals surface area contributed by atoms with E-state index in [4.69, 9.17) is 14.7 Å². The standard InChI is InChI=1S/C21H25NO3Se/c23-13-12-18-16-20(22-25-18)21(17-8-3-1-4-9-17)24-14-7-15-26-19-10-5-2-6-11-19/h1-6,8-11,18,21,23H,7,12-16H2. The molecule has 0 amide bonds. The summed E-state index contributed by atoms with van der Waals surface area (Å²) in [5.41, 5.74) is 2.02. The molecule has 0 saturated carbocycles. The number of ether oxygens (including phenoxy) is 1. The van der Waals surface area contributed by atoms with Gasteiger partial charge in [0.2, 0.25) is 0 Å². The van der Waals surface area contributed by atoms with Gasteiger partial charge in [0, 0.05) is 0 Å². The van der Waals surface area contributed by atoms with Gasteiger partial charge in [0.1, 0.15) is 0 Å². The van der Waals surface area contributed by atoms with Crippen molar-refractivity contribution in [2.24, 2.45) is 5.16 Å². The Balaban J connectivity index is 1.52. The van der Waals surface area contributed by atoms with E-state index in [1.54, 1.807) is 0 Å². The van der Waals surface area contributed by atoms with E-state index in [0.29, 0.717) is 34.4 Å². The molecule has 0 spiro atoms. The molecule has 5 heteroatoms. The first-order chi connectivity index (χ1) is 12.9. The molecule has 0 aromatic heterocycles. The van der Waals surface area contributed by atoms with Gasteiger partial charge in [0.05, 0.1) is 0 Å². The molecule has 3 rings (SSSR count). The zero-order chi connectivity index (χ0) is 18.0. The first-order valence-electron chi connectivity index (χ1n) is 9.04. The van der Waals surface area contributed by atoms with E-state index in [0.717, 1.165) is 23.0 Å². The molecule has 0 saturated heterocycles. The summed E-state index contributed by atoms with van der Waals surface area (Å²) in [4.78, 5) is 5.44. The number of oxime groups is 1. The predicted molar refractivity (Wildman–Crippen MR) is 105 cm³/mol. The molecule has 1 heterocycles. The minimum atomic E-state index is -0.163. The quantitative estimate of drug-likeness (QED) is 0.477. The van der Waals surface area contributed by atoms with Crippen molar-refractivity contribution in [1.29, 1.82) is 0 Å². The van der Waals surface area contributed by atoms with Crippen LogP contribution in [0.5, 0.6) is 0 Å². The van der Waals surface area contributed by atoms with Crippen molar-refractivity contribution in [3.05, 3.63) is 66.2 Å². The van der Waals surface area contributed by atoms with Crippen molar-refractivity contribution in [2.75, 3.05) is 13.2 Å². The average molecular weight is 418 g/mol. The van der Waals surface area contributed by atoms with Gasteiger partial charge in [0.15, 0.2) is 0 Å². The summed E-state index contributed by atoms with van der Waals surface area (Å²) in [7, 11) is 0. The third kappa shape index (κ3) is 5.68. The third-order valence-corrected chi connectivity index (χ3v) is 6.50. The van der Waals surface area contributed by atoms with Gasteiger partial charge >= 0.3 is 161 Å². The van der Waals surface area contributed by atoms with E-state index in [1.165, 1.54) is 4.46 Å². The van der Waals surface area contributed by atoms with Gasteiger partial charge in [-0.2, -0.15) is 0 Å². The monoisotopic (exact) mass is 419 g/mol. The second kappa shape index (κ2) is 10.5. The van der Waals surface area contributed by atoms with Crippen molar-refractivity contribution in [1.82, 2.24) is 0 Å². The fraction of sp³-hybridized carbons (Fsp3) is 0.381. The van der Waals surface area contributed by atoms with Crippen LogP contribution in [0.3, 0.4) is 0 Å². The summed E-state index contributed by atoms with van der Waals surface area (Å²) < 4.78 is 7.64. The zero-order valence-electron chi connectivity index (χ0n) is 14.8. The van der Waals surface area contributed by atoms with Crippen molar-refractivity contribution in [2.45, 2.75) is 36.8 Å².